The SMILES string of the molecule is O=C(CN1CCN(CN2CCOC2=S)CC1)Nc1ccccc1Cl. The molecule has 0 spiro atoms. The second-order valence-electron chi connectivity index (χ2n) is 5.94. The highest BCUT2D eigenvalue weighted by Gasteiger charge is 2.24. The van der Waals surface area contributed by atoms with Crippen LogP contribution in [0.1, 0.15) is 0 Å². The van der Waals surface area contributed by atoms with Crippen molar-refractivity contribution in [3.05, 3.63) is 29.3 Å². The minimum atomic E-state index is -0.0364. The van der Waals surface area contributed by atoms with Gasteiger partial charge in [0.2, 0.25) is 5.91 Å². The minimum Gasteiger partial charge on any atom is -0.469 e. The van der Waals surface area contributed by atoms with Crippen molar-refractivity contribution in [2.75, 3.05) is 57.9 Å². The molecule has 0 unspecified atom stereocenters. The third-order valence-corrected chi connectivity index (χ3v) is 4.90. The van der Waals surface area contributed by atoms with Crippen LogP contribution in [0.4, 0.5) is 5.69 Å². The Balaban J connectivity index is 1.41. The van der Waals surface area contributed by atoms with E-state index in [1.165, 1.54) is 0 Å². The molecule has 2 aliphatic heterocycles. The van der Waals surface area contributed by atoms with Crippen molar-refractivity contribution in [1.29, 1.82) is 0 Å². The first-order valence-electron chi connectivity index (χ1n) is 8.02. The fraction of sp³-hybridized carbons (Fsp3) is 0.500. The van der Waals surface area contributed by atoms with E-state index in [0.717, 1.165) is 39.4 Å². The summed E-state index contributed by atoms with van der Waals surface area (Å²) in [6, 6.07) is 7.27. The van der Waals surface area contributed by atoms with Crippen LogP contribution in [0.3, 0.4) is 0 Å². The summed E-state index contributed by atoms with van der Waals surface area (Å²) < 4.78 is 5.30. The number of halogens is 1. The quantitative estimate of drug-likeness (QED) is 0.794. The van der Waals surface area contributed by atoms with Crippen molar-refractivity contribution < 1.29 is 9.53 Å². The van der Waals surface area contributed by atoms with Gasteiger partial charge in [0.1, 0.15) is 6.61 Å². The Kier molecular flexibility index (Phi) is 5.89. The molecule has 0 bridgehead atoms. The molecular weight excluding hydrogens is 348 g/mol. The minimum absolute atomic E-state index is 0.0364. The second-order valence-corrected chi connectivity index (χ2v) is 6.70. The summed E-state index contributed by atoms with van der Waals surface area (Å²) >= 11 is 11.2. The molecule has 3 rings (SSSR count). The maximum Gasteiger partial charge on any atom is 0.260 e. The Morgan fingerprint density at radius 2 is 1.88 bits per heavy atom. The van der Waals surface area contributed by atoms with E-state index in [4.69, 9.17) is 28.6 Å². The summed E-state index contributed by atoms with van der Waals surface area (Å²) in [5.41, 5.74) is 0.658. The highest BCUT2D eigenvalue weighted by molar-refractivity contribution is 7.80. The number of nitrogens with one attached hydrogen (secondary N) is 1. The standard InChI is InChI=1S/C16H21ClN4O2S/c17-13-3-1-2-4-14(13)18-15(22)11-19-5-7-20(8-6-19)12-21-9-10-23-16(21)24/h1-4H,5-12H2,(H,18,22). The number of carbonyl (C=O) groups is 1. The molecule has 8 heteroatoms. The molecular formula is C16H21ClN4O2S. The van der Waals surface area contributed by atoms with Crippen LogP contribution < -0.4 is 5.32 Å². The molecule has 2 aliphatic rings. The normalized spacial score (nSPS) is 19.4. The van der Waals surface area contributed by atoms with Gasteiger partial charge in [-0.25, -0.2) is 0 Å². The van der Waals surface area contributed by atoms with Crippen molar-refractivity contribution in [2.24, 2.45) is 0 Å². The zero-order valence-corrected chi connectivity index (χ0v) is 15.0. The maximum absolute atomic E-state index is 12.2. The average molecular weight is 369 g/mol. The molecule has 0 aromatic heterocycles. The van der Waals surface area contributed by atoms with Crippen LogP contribution in [-0.2, 0) is 9.53 Å². The maximum atomic E-state index is 12.2. The average Bonchev–Trinajstić information content (AvgIpc) is 2.96. The summed E-state index contributed by atoms with van der Waals surface area (Å²) in [7, 11) is 0. The van der Waals surface area contributed by atoms with E-state index in [0.29, 0.717) is 29.0 Å². The number of anilines is 1. The third-order valence-electron chi connectivity index (χ3n) is 4.20. The first-order chi connectivity index (χ1) is 11.6. The number of ether oxygens (including phenoxy) is 1. The molecule has 6 nitrogen and oxygen atoms in total. The van der Waals surface area contributed by atoms with Crippen molar-refractivity contribution in [1.82, 2.24) is 14.7 Å². The van der Waals surface area contributed by atoms with E-state index < -0.39 is 0 Å². The van der Waals surface area contributed by atoms with Gasteiger partial charge in [-0.15, -0.1) is 0 Å². The Bertz CT molecular complexity index is 607. The predicted octanol–water partition coefficient (Wildman–Crippen LogP) is 1.47. The van der Waals surface area contributed by atoms with Gasteiger partial charge in [0.25, 0.3) is 5.17 Å². The van der Waals surface area contributed by atoms with Crippen LogP contribution in [0, 0.1) is 0 Å². The molecule has 2 fully saturated rings. The molecule has 1 N–H and O–H groups in total. The van der Waals surface area contributed by atoms with Crippen molar-refractivity contribution >= 4 is 40.6 Å². The number of thiocarbonyl (C=S) groups is 1. The highest BCUT2D eigenvalue weighted by Crippen LogP contribution is 2.20. The van der Waals surface area contributed by atoms with Gasteiger partial charge in [0.15, 0.2) is 0 Å². The summed E-state index contributed by atoms with van der Waals surface area (Å²) in [6.45, 7) is 6.27. The lowest BCUT2D eigenvalue weighted by molar-refractivity contribution is -0.117. The van der Waals surface area contributed by atoms with Gasteiger partial charge in [-0.1, -0.05) is 23.7 Å². The molecule has 1 amide bonds. The van der Waals surface area contributed by atoms with E-state index in [9.17, 15) is 4.79 Å². The van der Waals surface area contributed by atoms with Gasteiger partial charge in [-0.3, -0.25) is 14.6 Å². The van der Waals surface area contributed by atoms with Crippen LogP contribution in [0.5, 0.6) is 0 Å². The number of rotatable bonds is 5. The first kappa shape index (κ1) is 17.4. The highest BCUT2D eigenvalue weighted by atomic mass is 35.5. The molecule has 0 atom stereocenters. The van der Waals surface area contributed by atoms with Crippen LogP contribution >= 0.6 is 23.8 Å². The summed E-state index contributed by atoms with van der Waals surface area (Å²) in [4.78, 5) is 18.7. The number of para-hydroxylation sites is 1. The van der Waals surface area contributed by atoms with Gasteiger partial charge in [0.05, 0.1) is 30.5 Å². The lowest BCUT2D eigenvalue weighted by Crippen LogP contribution is -2.51. The number of carbonyl (C=O) groups excluding carboxylic acids is 1. The van der Waals surface area contributed by atoms with Crippen LogP contribution in [0.15, 0.2) is 24.3 Å². The molecule has 130 valence electrons. The topological polar surface area (TPSA) is 48.1 Å². The van der Waals surface area contributed by atoms with Crippen molar-refractivity contribution in [2.45, 2.75) is 0 Å². The summed E-state index contributed by atoms with van der Waals surface area (Å²) in [5.74, 6) is -0.0364. The number of piperazine rings is 1. The lowest BCUT2D eigenvalue weighted by atomic mass is 10.3. The molecule has 24 heavy (non-hydrogen) atoms. The summed E-state index contributed by atoms with van der Waals surface area (Å²) in [5, 5.41) is 4.01. The molecule has 0 radical (unpaired) electrons. The number of hydrogen-bond donors (Lipinski definition) is 1. The predicted molar refractivity (Wildman–Crippen MR) is 98.2 cm³/mol. The number of hydrogen-bond acceptors (Lipinski definition) is 5. The number of nitrogens with zero attached hydrogens (tertiary/aromatic N) is 3. The summed E-state index contributed by atoms with van der Waals surface area (Å²) in [6.07, 6.45) is 0. The van der Waals surface area contributed by atoms with Crippen LogP contribution in [0.25, 0.3) is 0 Å². The van der Waals surface area contributed by atoms with E-state index in [2.05, 4.69) is 20.0 Å². The zero-order valence-electron chi connectivity index (χ0n) is 13.4. The van der Waals surface area contributed by atoms with Gasteiger partial charge in [0, 0.05) is 26.2 Å². The lowest BCUT2D eigenvalue weighted by Gasteiger charge is -2.36. The van der Waals surface area contributed by atoms with Crippen LogP contribution in [0.2, 0.25) is 5.02 Å². The monoisotopic (exact) mass is 368 g/mol. The number of benzene rings is 1. The van der Waals surface area contributed by atoms with Gasteiger partial charge < -0.3 is 15.0 Å². The van der Waals surface area contributed by atoms with E-state index in [1.807, 2.05) is 12.1 Å². The van der Waals surface area contributed by atoms with Crippen LogP contribution in [-0.4, -0.2) is 78.3 Å². The van der Waals surface area contributed by atoms with Gasteiger partial charge in [-0.2, -0.15) is 0 Å². The number of amides is 1. The Morgan fingerprint density at radius 3 is 2.54 bits per heavy atom. The largest absolute Gasteiger partial charge is 0.469 e. The van der Waals surface area contributed by atoms with Crippen molar-refractivity contribution in [3.63, 3.8) is 0 Å². The van der Waals surface area contributed by atoms with Gasteiger partial charge >= 0.3 is 0 Å². The smallest absolute Gasteiger partial charge is 0.260 e. The molecule has 1 aromatic carbocycles. The van der Waals surface area contributed by atoms with Gasteiger partial charge in [-0.05, 0) is 24.4 Å². The molecule has 0 aliphatic carbocycles. The first-order valence-corrected chi connectivity index (χ1v) is 8.81. The third kappa shape index (κ3) is 4.57. The zero-order chi connectivity index (χ0) is 16.9. The van der Waals surface area contributed by atoms with E-state index in [1.54, 1.807) is 12.1 Å². The Hall–Kier alpha value is -1.41. The molecule has 1 aromatic rings. The van der Waals surface area contributed by atoms with Crippen molar-refractivity contribution in [3.8, 4) is 0 Å². The second kappa shape index (κ2) is 8.11. The fourth-order valence-electron chi connectivity index (χ4n) is 2.84. The Morgan fingerprint density at radius 1 is 1.17 bits per heavy atom. The van der Waals surface area contributed by atoms with E-state index in [-0.39, 0.29) is 5.91 Å². The fourth-order valence-corrected chi connectivity index (χ4v) is 3.26. The Labute approximate surface area is 152 Å². The molecule has 0 saturated carbocycles. The molecule has 2 saturated heterocycles. The van der Waals surface area contributed by atoms with E-state index >= 15 is 0 Å². The molecule has 2 heterocycles.